The highest BCUT2D eigenvalue weighted by Crippen LogP contribution is 2.06. The number of rotatable bonds is 1. The van der Waals surface area contributed by atoms with Crippen LogP contribution in [0.4, 0.5) is 0 Å². The van der Waals surface area contributed by atoms with Crippen LogP contribution in [0.1, 0.15) is 0 Å². The average Bonchev–Trinajstić information content (AvgIpc) is 1.90. The summed E-state index contributed by atoms with van der Waals surface area (Å²) >= 11 is 5.25. The quantitative estimate of drug-likeness (QED) is 0.384. The molecule has 1 fully saturated rings. The molecule has 0 spiro atoms. The molecule has 2 nitrogen and oxygen atoms in total. The number of ether oxygens (including phenoxy) is 1. The maximum Gasteiger partial charge on any atom is 0.0947 e. The van der Waals surface area contributed by atoms with Crippen molar-refractivity contribution < 1.29 is 8.63 Å². The molecule has 0 aromatic heterocycles. The lowest BCUT2D eigenvalue weighted by atomic mass is 10.4. The second-order valence-electron chi connectivity index (χ2n) is 2.34. The zero-order chi connectivity index (χ0) is 6.74. The Labute approximate surface area is 61.9 Å². The Morgan fingerprint density at radius 1 is 1.44 bits per heavy atom. The standard InChI is InChI=1S/C6H12NOS/c1-2-7(9)3-5-8-6-4-7/h1-6H2. The van der Waals surface area contributed by atoms with E-state index in [1.54, 1.807) is 0 Å². The Hall–Kier alpha value is 0.270. The van der Waals surface area contributed by atoms with Crippen LogP contribution in [-0.4, -0.2) is 36.7 Å². The minimum absolute atomic E-state index is 0.667. The van der Waals surface area contributed by atoms with Gasteiger partial charge in [0.2, 0.25) is 0 Å². The summed E-state index contributed by atoms with van der Waals surface area (Å²) in [6.45, 7) is 8.09. The first-order chi connectivity index (χ1) is 4.27. The maximum absolute atomic E-state index is 5.25. The summed E-state index contributed by atoms with van der Waals surface area (Å²) in [5.74, 6) is 0. The lowest BCUT2D eigenvalue weighted by molar-refractivity contribution is -0.799. The van der Waals surface area contributed by atoms with Crippen LogP contribution < -0.4 is 0 Å². The van der Waals surface area contributed by atoms with Crippen molar-refractivity contribution >= 4 is 12.8 Å². The molecule has 0 aromatic rings. The fourth-order valence-electron chi connectivity index (χ4n) is 0.899. The second-order valence-corrected chi connectivity index (χ2v) is 3.12. The highest BCUT2D eigenvalue weighted by molar-refractivity contribution is 7.52. The highest BCUT2D eigenvalue weighted by Gasteiger charge is 2.15. The van der Waals surface area contributed by atoms with Gasteiger partial charge in [-0.25, -0.2) is 0 Å². The Kier molecular flexibility index (Phi) is 2.38. The molecular formula is C6H12NOS. The van der Waals surface area contributed by atoms with Gasteiger partial charge in [0.15, 0.2) is 0 Å². The third-order valence-electron chi connectivity index (χ3n) is 1.69. The fourth-order valence-corrected chi connectivity index (χ4v) is 1.05. The molecule has 1 saturated heterocycles. The van der Waals surface area contributed by atoms with Gasteiger partial charge in [-0.05, 0) is 0 Å². The van der Waals surface area contributed by atoms with Crippen molar-refractivity contribution in [1.82, 2.24) is 0 Å². The zero-order valence-corrected chi connectivity index (χ0v) is 6.32. The van der Waals surface area contributed by atoms with Crippen LogP contribution >= 0.6 is 0 Å². The summed E-state index contributed by atoms with van der Waals surface area (Å²) in [6.07, 6.45) is 0. The number of hydrogen-bond donors (Lipinski definition) is 0. The smallest absolute Gasteiger partial charge is 0.0947 e. The number of nitrogens with zero attached hydrogens (tertiary/aromatic N) is 1. The monoisotopic (exact) mass is 146 g/mol. The summed E-state index contributed by atoms with van der Waals surface area (Å²) in [5, 5.41) is 0. The first kappa shape index (κ1) is 7.38. The first-order valence-corrected chi connectivity index (χ1v) is 3.57. The summed E-state index contributed by atoms with van der Waals surface area (Å²) in [6, 6.07) is 0. The molecule has 9 heavy (non-hydrogen) atoms. The zero-order valence-electron chi connectivity index (χ0n) is 5.51. The lowest BCUT2D eigenvalue weighted by Gasteiger charge is -2.46. The van der Waals surface area contributed by atoms with E-state index in [4.69, 9.17) is 17.6 Å². The molecular weight excluding hydrogens is 134 g/mol. The van der Waals surface area contributed by atoms with Crippen LogP contribution in [0.5, 0.6) is 0 Å². The molecule has 1 aliphatic rings. The summed E-state index contributed by atoms with van der Waals surface area (Å²) in [7, 11) is 0. The molecule has 1 heterocycles. The van der Waals surface area contributed by atoms with Crippen LogP contribution in [0.3, 0.4) is 0 Å². The Morgan fingerprint density at radius 3 is 2.33 bits per heavy atom. The predicted molar refractivity (Wildman–Crippen MR) is 38.4 cm³/mol. The largest absolute Gasteiger partial charge is 0.494 e. The fraction of sp³-hybridized carbons (Fsp3) is 0.833. The normalized spacial score (nSPS) is 26.0. The molecule has 0 bridgehead atoms. The molecule has 0 aliphatic carbocycles. The van der Waals surface area contributed by atoms with E-state index in [0.717, 1.165) is 32.8 Å². The van der Waals surface area contributed by atoms with Crippen molar-refractivity contribution in [1.29, 1.82) is 0 Å². The third kappa shape index (κ3) is 1.85. The molecule has 3 heteroatoms. The van der Waals surface area contributed by atoms with Gasteiger partial charge in [-0.15, -0.1) is 0 Å². The lowest BCUT2D eigenvalue weighted by Crippen LogP contribution is -2.50. The van der Waals surface area contributed by atoms with Gasteiger partial charge in [0.05, 0.1) is 32.8 Å². The van der Waals surface area contributed by atoms with Crippen LogP contribution in [0.15, 0.2) is 0 Å². The van der Waals surface area contributed by atoms with E-state index in [-0.39, 0.29) is 0 Å². The van der Waals surface area contributed by atoms with Crippen molar-refractivity contribution in [2.75, 3.05) is 32.8 Å². The molecule has 0 N–H and O–H groups in total. The van der Waals surface area contributed by atoms with Gasteiger partial charge >= 0.3 is 0 Å². The van der Waals surface area contributed by atoms with Gasteiger partial charge in [0, 0.05) is 6.92 Å². The SMILES string of the molecule is [CH2]C[N+]1([S-])CCOCC1. The van der Waals surface area contributed by atoms with E-state index in [1.807, 2.05) is 0 Å². The summed E-state index contributed by atoms with van der Waals surface area (Å²) in [5.41, 5.74) is 0. The van der Waals surface area contributed by atoms with Crippen molar-refractivity contribution in [3.63, 3.8) is 0 Å². The van der Waals surface area contributed by atoms with Crippen molar-refractivity contribution in [3.05, 3.63) is 6.92 Å². The van der Waals surface area contributed by atoms with Crippen molar-refractivity contribution in [3.8, 4) is 0 Å². The highest BCUT2D eigenvalue weighted by atomic mass is 32.1. The minimum atomic E-state index is 0.667. The van der Waals surface area contributed by atoms with Gasteiger partial charge in [-0.2, -0.15) is 0 Å². The summed E-state index contributed by atoms with van der Waals surface area (Å²) in [4.78, 5) is 0. The first-order valence-electron chi connectivity index (χ1n) is 3.21. The topological polar surface area (TPSA) is 9.23 Å². The van der Waals surface area contributed by atoms with E-state index >= 15 is 0 Å². The predicted octanol–water partition coefficient (Wildman–Crippen LogP) is 0.129. The van der Waals surface area contributed by atoms with E-state index < -0.39 is 0 Å². The van der Waals surface area contributed by atoms with Crippen LogP contribution in [0, 0.1) is 6.92 Å². The van der Waals surface area contributed by atoms with Gasteiger partial charge < -0.3 is 21.4 Å². The molecule has 0 unspecified atom stereocenters. The second kappa shape index (κ2) is 2.90. The van der Waals surface area contributed by atoms with Crippen molar-refractivity contribution in [2.45, 2.75) is 0 Å². The summed E-state index contributed by atoms with van der Waals surface area (Å²) < 4.78 is 5.82. The third-order valence-corrected chi connectivity index (χ3v) is 2.24. The Bertz CT molecular complexity index is 91.1. The van der Waals surface area contributed by atoms with E-state index in [9.17, 15) is 0 Å². The van der Waals surface area contributed by atoms with Gasteiger partial charge in [-0.1, -0.05) is 0 Å². The van der Waals surface area contributed by atoms with Crippen LogP contribution in [0.2, 0.25) is 0 Å². The number of hydrogen-bond acceptors (Lipinski definition) is 2. The van der Waals surface area contributed by atoms with E-state index in [1.165, 1.54) is 0 Å². The molecule has 53 valence electrons. The minimum Gasteiger partial charge on any atom is -0.494 e. The molecule has 1 rings (SSSR count). The molecule has 1 radical (unpaired) electrons. The van der Waals surface area contributed by atoms with Crippen LogP contribution in [-0.2, 0) is 17.6 Å². The van der Waals surface area contributed by atoms with Crippen LogP contribution in [0.25, 0.3) is 0 Å². The van der Waals surface area contributed by atoms with Crippen molar-refractivity contribution in [2.24, 2.45) is 0 Å². The number of quaternary nitrogens is 1. The van der Waals surface area contributed by atoms with Gasteiger partial charge in [0.1, 0.15) is 0 Å². The molecule has 0 amide bonds. The van der Waals surface area contributed by atoms with Gasteiger partial charge in [0.25, 0.3) is 0 Å². The van der Waals surface area contributed by atoms with E-state index in [2.05, 4.69) is 6.92 Å². The van der Waals surface area contributed by atoms with E-state index in [0.29, 0.717) is 3.89 Å². The van der Waals surface area contributed by atoms with Gasteiger partial charge in [-0.3, -0.25) is 0 Å². The maximum atomic E-state index is 5.25. The Balaban J connectivity index is 2.37. The Morgan fingerprint density at radius 2 is 2.00 bits per heavy atom. The molecule has 0 atom stereocenters. The molecule has 0 aromatic carbocycles. The number of morpholine rings is 1. The molecule has 0 saturated carbocycles. The average molecular weight is 146 g/mol. The molecule has 1 aliphatic heterocycles.